The monoisotopic (exact) mass is 317 g/mol. The molecule has 0 amide bonds. The molecule has 0 aliphatic heterocycles. The largest absolute Gasteiger partial charge is 0.384 e. The van der Waals surface area contributed by atoms with E-state index in [4.69, 9.17) is 0 Å². The zero-order chi connectivity index (χ0) is 13.8. The summed E-state index contributed by atoms with van der Waals surface area (Å²) >= 11 is 3.48. The van der Waals surface area contributed by atoms with Gasteiger partial charge in [0.25, 0.3) is 0 Å². The Hall–Kier alpha value is -0.390. The molecule has 1 heterocycles. The fourth-order valence-electron chi connectivity index (χ4n) is 1.99. The zero-order valence-electron chi connectivity index (χ0n) is 11.7. The summed E-state index contributed by atoms with van der Waals surface area (Å²) in [6.07, 6.45) is 3.53. The molecule has 1 aromatic heterocycles. The second kappa shape index (κ2) is 6.68. The zero-order valence-corrected chi connectivity index (χ0v) is 13.3. The molecule has 0 aromatic carbocycles. The fourth-order valence-corrected chi connectivity index (χ4v) is 2.69. The molecule has 0 radical (unpaired) electrons. The van der Waals surface area contributed by atoms with Gasteiger partial charge in [-0.25, -0.2) is 0 Å². The van der Waals surface area contributed by atoms with Crippen molar-refractivity contribution in [3.8, 4) is 0 Å². The van der Waals surface area contributed by atoms with Crippen molar-refractivity contribution in [3.63, 3.8) is 0 Å². The molecule has 104 valence electrons. The maximum atomic E-state index is 10.7. The van der Waals surface area contributed by atoms with Crippen LogP contribution in [0.4, 0.5) is 0 Å². The molecule has 0 fully saturated rings. The van der Waals surface area contributed by atoms with Crippen LogP contribution in [0, 0.1) is 0 Å². The molecule has 0 spiro atoms. The predicted octanol–water partition coefficient (Wildman–Crippen LogP) is 2.82. The van der Waals surface area contributed by atoms with E-state index in [0.717, 1.165) is 29.7 Å². The maximum Gasteiger partial charge on any atom is 0.106 e. The topological polar surface area (TPSA) is 50.1 Å². The van der Waals surface area contributed by atoms with Gasteiger partial charge in [-0.2, -0.15) is 5.10 Å². The molecule has 0 saturated carbocycles. The highest BCUT2D eigenvalue weighted by Crippen LogP contribution is 2.32. The molecule has 1 rings (SSSR count). The summed E-state index contributed by atoms with van der Waals surface area (Å²) in [5, 5.41) is 18.3. The number of aliphatic hydroxyl groups is 1. The standard InChI is InChI=1S/C13H24BrN3O/c1-5-7-15-8-6-13(4,18)12-11(14)9-16-17(12)10(2)3/h9-10,15,18H,5-8H2,1-4H3. The van der Waals surface area contributed by atoms with Crippen LogP contribution in [0.25, 0.3) is 0 Å². The van der Waals surface area contributed by atoms with Crippen LogP contribution in [0.1, 0.15) is 52.3 Å². The van der Waals surface area contributed by atoms with E-state index in [1.54, 1.807) is 6.20 Å². The van der Waals surface area contributed by atoms with Gasteiger partial charge in [-0.1, -0.05) is 6.92 Å². The number of aromatic nitrogens is 2. The molecule has 0 aliphatic carbocycles. The molecule has 1 atom stereocenters. The molecule has 1 unspecified atom stereocenters. The molecule has 4 nitrogen and oxygen atoms in total. The van der Waals surface area contributed by atoms with Gasteiger partial charge in [0.2, 0.25) is 0 Å². The molecule has 1 aromatic rings. The highest BCUT2D eigenvalue weighted by Gasteiger charge is 2.30. The molecule has 5 heteroatoms. The molecule has 0 saturated heterocycles. The van der Waals surface area contributed by atoms with E-state index in [9.17, 15) is 5.11 Å². The predicted molar refractivity (Wildman–Crippen MR) is 77.7 cm³/mol. The van der Waals surface area contributed by atoms with Gasteiger partial charge in [-0.15, -0.1) is 0 Å². The highest BCUT2D eigenvalue weighted by molar-refractivity contribution is 9.10. The summed E-state index contributed by atoms with van der Waals surface area (Å²) < 4.78 is 2.75. The Morgan fingerprint density at radius 1 is 1.50 bits per heavy atom. The third kappa shape index (κ3) is 3.80. The first-order chi connectivity index (χ1) is 8.40. The SMILES string of the molecule is CCCNCCC(C)(O)c1c(Br)cnn1C(C)C. The van der Waals surface area contributed by atoms with Crippen molar-refractivity contribution in [2.45, 2.75) is 52.2 Å². The molecular formula is C13H24BrN3O. The molecule has 2 N–H and O–H groups in total. The minimum absolute atomic E-state index is 0.237. The Morgan fingerprint density at radius 2 is 2.17 bits per heavy atom. The van der Waals surface area contributed by atoms with E-state index in [1.807, 2.05) is 11.6 Å². The summed E-state index contributed by atoms with van der Waals surface area (Å²) in [5.41, 5.74) is -0.0174. The van der Waals surface area contributed by atoms with Crippen molar-refractivity contribution in [1.29, 1.82) is 0 Å². The lowest BCUT2D eigenvalue weighted by Gasteiger charge is -2.26. The maximum absolute atomic E-state index is 10.7. The number of hydrogen-bond donors (Lipinski definition) is 2. The number of halogens is 1. The van der Waals surface area contributed by atoms with Gasteiger partial charge < -0.3 is 10.4 Å². The smallest absolute Gasteiger partial charge is 0.106 e. The lowest BCUT2D eigenvalue weighted by Crippen LogP contribution is -2.31. The Bertz CT molecular complexity index is 374. The minimum atomic E-state index is -0.875. The summed E-state index contributed by atoms with van der Waals surface area (Å²) in [6.45, 7) is 9.90. The number of hydrogen-bond acceptors (Lipinski definition) is 3. The van der Waals surface area contributed by atoms with E-state index >= 15 is 0 Å². The number of nitrogens with one attached hydrogen (secondary N) is 1. The van der Waals surface area contributed by atoms with Crippen LogP contribution in [0.5, 0.6) is 0 Å². The fraction of sp³-hybridized carbons (Fsp3) is 0.769. The van der Waals surface area contributed by atoms with Crippen LogP contribution in [0.3, 0.4) is 0 Å². The van der Waals surface area contributed by atoms with E-state index in [2.05, 4.69) is 47.1 Å². The van der Waals surface area contributed by atoms with E-state index in [-0.39, 0.29) is 6.04 Å². The Labute approximate surface area is 118 Å². The van der Waals surface area contributed by atoms with Gasteiger partial charge >= 0.3 is 0 Å². The van der Waals surface area contributed by atoms with Crippen LogP contribution < -0.4 is 5.32 Å². The van der Waals surface area contributed by atoms with Crippen molar-refractivity contribution in [3.05, 3.63) is 16.4 Å². The summed E-state index contributed by atoms with van der Waals surface area (Å²) in [5.74, 6) is 0. The quantitative estimate of drug-likeness (QED) is 0.760. The lowest BCUT2D eigenvalue weighted by molar-refractivity contribution is 0.0367. The van der Waals surface area contributed by atoms with Gasteiger partial charge in [0.1, 0.15) is 5.60 Å². The van der Waals surface area contributed by atoms with Crippen molar-refractivity contribution in [1.82, 2.24) is 15.1 Å². The van der Waals surface area contributed by atoms with Gasteiger partial charge in [-0.3, -0.25) is 4.68 Å². The Balaban J connectivity index is 2.80. The van der Waals surface area contributed by atoms with Crippen LogP contribution in [0.15, 0.2) is 10.7 Å². The second-order valence-electron chi connectivity index (χ2n) is 5.15. The van der Waals surface area contributed by atoms with Gasteiger partial charge in [0, 0.05) is 6.04 Å². The molecule has 0 bridgehead atoms. The van der Waals surface area contributed by atoms with Gasteiger partial charge in [-0.05, 0) is 62.6 Å². The van der Waals surface area contributed by atoms with Crippen molar-refractivity contribution in [2.75, 3.05) is 13.1 Å². The van der Waals surface area contributed by atoms with Crippen molar-refractivity contribution < 1.29 is 5.11 Å². The minimum Gasteiger partial charge on any atom is -0.384 e. The van der Waals surface area contributed by atoms with E-state index in [0.29, 0.717) is 6.42 Å². The lowest BCUT2D eigenvalue weighted by atomic mass is 9.97. The van der Waals surface area contributed by atoms with Gasteiger partial charge in [0.05, 0.1) is 16.4 Å². The summed E-state index contributed by atoms with van der Waals surface area (Å²) in [4.78, 5) is 0. The van der Waals surface area contributed by atoms with E-state index < -0.39 is 5.60 Å². The highest BCUT2D eigenvalue weighted by atomic mass is 79.9. The van der Waals surface area contributed by atoms with Crippen LogP contribution >= 0.6 is 15.9 Å². The van der Waals surface area contributed by atoms with Gasteiger partial charge in [0.15, 0.2) is 0 Å². The second-order valence-corrected chi connectivity index (χ2v) is 6.01. The molecule has 0 aliphatic rings. The normalized spacial score (nSPS) is 15.1. The van der Waals surface area contributed by atoms with Crippen LogP contribution in [-0.4, -0.2) is 28.0 Å². The average Bonchev–Trinajstić information content (AvgIpc) is 2.67. The van der Waals surface area contributed by atoms with Crippen molar-refractivity contribution in [2.24, 2.45) is 0 Å². The Kier molecular flexibility index (Phi) is 5.82. The van der Waals surface area contributed by atoms with E-state index in [1.165, 1.54) is 0 Å². The van der Waals surface area contributed by atoms with Crippen LogP contribution in [-0.2, 0) is 5.60 Å². The first kappa shape index (κ1) is 15.7. The third-order valence-electron chi connectivity index (χ3n) is 2.97. The molecular weight excluding hydrogens is 294 g/mol. The first-order valence-corrected chi connectivity index (χ1v) is 7.36. The average molecular weight is 318 g/mol. The third-order valence-corrected chi connectivity index (χ3v) is 3.55. The Morgan fingerprint density at radius 3 is 2.72 bits per heavy atom. The number of nitrogens with zero attached hydrogens (tertiary/aromatic N) is 2. The summed E-state index contributed by atoms with van der Waals surface area (Å²) in [7, 11) is 0. The number of rotatable bonds is 7. The van der Waals surface area contributed by atoms with Crippen molar-refractivity contribution >= 4 is 15.9 Å². The first-order valence-electron chi connectivity index (χ1n) is 6.56. The van der Waals surface area contributed by atoms with Crippen LogP contribution in [0.2, 0.25) is 0 Å². The summed E-state index contributed by atoms with van der Waals surface area (Å²) in [6, 6.07) is 0.237. The molecule has 18 heavy (non-hydrogen) atoms.